The van der Waals surface area contributed by atoms with E-state index in [9.17, 15) is 0 Å². The molecule has 118 valence electrons. The van der Waals surface area contributed by atoms with Crippen LogP contribution in [0.5, 0.6) is 5.75 Å². The maximum Gasteiger partial charge on any atom is 0.268 e. The minimum atomic E-state index is -1.40. The average molecular weight is 312 g/mol. The van der Waals surface area contributed by atoms with Crippen molar-refractivity contribution < 1.29 is 9.13 Å². The van der Waals surface area contributed by atoms with E-state index in [2.05, 4.69) is 16.2 Å². The monoisotopic (exact) mass is 312 g/mol. The molecule has 0 bridgehead atoms. The van der Waals surface area contributed by atoms with Crippen molar-refractivity contribution in [3.8, 4) is 23.0 Å². The van der Waals surface area contributed by atoms with Gasteiger partial charge >= 0.3 is 0 Å². The van der Waals surface area contributed by atoms with Gasteiger partial charge in [0.05, 0.1) is 12.8 Å². The smallest absolute Gasteiger partial charge is 0.268 e. The molecule has 0 radical (unpaired) electrons. The Bertz CT molecular complexity index is 747. The van der Waals surface area contributed by atoms with Crippen molar-refractivity contribution in [3.05, 3.63) is 29.8 Å². The van der Waals surface area contributed by atoms with Crippen LogP contribution in [0.1, 0.15) is 18.4 Å². The summed E-state index contributed by atoms with van der Waals surface area (Å²) < 4.78 is 20.7. The minimum Gasteiger partial charge on any atom is -0.496 e. The van der Waals surface area contributed by atoms with Crippen molar-refractivity contribution in [3.63, 3.8) is 0 Å². The number of aromatic nitrogens is 2. The largest absolute Gasteiger partial charge is 0.496 e. The first-order valence-corrected chi connectivity index (χ1v) is 7.64. The van der Waals surface area contributed by atoms with E-state index in [1.807, 2.05) is 6.07 Å². The molecule has 5 nitrogen and oxygen atoms in total. The highest BCUT2D eigenvalue weighted by molar-refractivity contribution is 6.67. The lowest BCUT2D eigenvalue weighted by Gasteiger charge is -2.31. The van der Waals surface area contributed by atoms with E-state index in [1.165, 1.54) is 0 Å². The Morgan fingerprint density at radius 2 is 2.13 bits per heavy atom. The van der Waals surface area contributed by atoms with Crippen LogP contribution < -0.4 is 10.5 Å². The number of hydrogen-bond donors (Lipinski definition) is 2. The zero-order chi connectivity index (χ0) is 16.4. The molecule has 0 atom stereocenters. The molecule has 0 aliphatic carbocycles. The number of nitrogens with two attached hydrogens (primary N) is 1. The molecule has 0 amide bonds. The molecular weight excluding hydrogens is 294 g/mol. The molecule has 2 heterocycles. The third-order valence-electron chi connectivity index (χ3n) is 4.57. The van der Waals surface area contributed by atoms with Gasteiger partial charge in [-0.2, -0.15) is 5.10 Å². The standard InChI is InChI=1S/C16H18BFN4O/c1-23-14-8-11(16(18)4-6-17(10-19)7-5-16)2-3-12(14)13-9-15(20)22-21-13/h2-3,8-9H,4-7H2,1H3,(H3,20,21,22). The number of nitriles is 1. The lowest BCUT2D eigenvalue weighted by molar-refractivity contribution is 0.144. The number of ether oxygens (including phenoxy) is 1. The van der Waals surface area contributed by atoms with Crippen LogP contribution in [0.25, 0.3) is 11.3 Å². The predicted molar refractivity (Wildman–Crippen MR) is 88.0 cm³/mol. The molecule has 1 aromatic carbocycles. The zero-order valence-corrected chi connectivity index (χ0v) is 13.0. The zero-order valence-electron chi connectivity index (χ0n) is 13.0. The molecule has 3 N–H and O–H groups in total. The van der Waals surface area contributed by atoms with Gasteiger partial charge in [-0.15, -0.1) is 0 Å². The molecule has 0 spiro atoms. The first-order chi connectivity index (χ1) is 11.1. The van der Waals surface area contributed by atoms with Crippen LogP contribution in [0.4, 0.5) is 10.2 Å². The lowest BCUT2D eigenvalue weighted by atomic mass is 9.41. The summed E-state index contributed by atoms with van der Waals surface area (Å²) >= 11 is 0. The topological polar surface area (TPSA) is 87.7 Å². The highest BCUT2D eigenvalue weighted by Gasteiger charge is 2.38. The van der Waals surface area contributed by atoms with Gasteiger partial charge in [0.15, 0.2) is 0 Å². The number of methoxy groups -OCH3 is 1. The second kappa shape index (κ2) is 5.96. The minimum absolute atomic E-state index is 0.0342. The van der Waals surface area contributed by atoms with Crippen LogP contribution in [-0.2, 0) is 5.67 Å². The molecular formula is C16H18BFN4O. The summed E-state index contributed by atoms with van der Waals surface area (Å²) in [7, 11) is 1.56. The number of nitrogen functional groups attached to an aromatic ring is 1. The fourth-order valence-corrected chi connectivity index (χ4v) is 3.16. The van der Waals surface area contributed by atoms with Gasteiger partial charge in [0, 0.05) is 17.6 Å². The third-order valence-corrected chi connectivity index (χ3v) is 4.57. The van der Waals surface area contributed by atoms with Crippen molar-refractivity contribution in [2.24, 2.45) is 0 Å². The lowest BCUT2D eigenvalue weighted by Crippen LogP contribution is -2.30. The summed E-state index contributed by atoms with van der Waals surface area (Å²) in [4.78, 5) is 0. The second-order valence-corrected chi connectivity index (χ2v) is 5.99. The van der Waals surface area contributed by atoms with Crippen molar-refractivity contribution in [1.82, 2.24) is 10.2 Å². The van der Waals surface area contributed by atoms with Crippen molar-refractivity contribution >= 4 is 12.5 Å². The first-order valence-electron chi connectivity index (χ1n) is 7.64. The molecule has 1 fully saturated rings. The summed E-state index contributed by atoms with van der Waals surface area (Å²) in [6.07, 6.45) is 1.91. The molecule has 3 rings (SSSR count). The highest BCUT2D eigenvalue weighted by Crippen LogP contribution is 2.43. The maximum absolute atomic E-state index is 15.3. The number of hydrogen-bond acceptors (Lipinski definition) is 4. The van der Waals surface area contributed by atoms with Gasteiger partial charge in [0.1, 0.15) is 17.2 Å². The van der Waals surface area contributed by atoms with E-state index in [-0.39, 0.29) is 6.71 Å². The number of halogens is 1. The summed E-state index contributed by atoms with van der Waals surface area (Å²) in [5, 5.41) is 15.7. The van der Waals surface area contributed by atoms with Gasteiger partial charge < -0.3 is 10.5 Å². The Morgan fingerprint density at radius 3 is 2.70 bits per heavy atom. The fourth-order valence-electron chi connectivity index (χ4n) is 3.16. The molecule has 2 aromatic rings. The van der Waals surface area contributed by atoms with E-state index in [0.29, 0.717) is 42.6 Å². The van der Waals surface area contributed by atoms with Crippen LogP contribution >= 0.6 is 0 Å². The van der Waals surface area contributed by atoms with Crippen molar-refractivity contribution in [2.45, 2.75) is 31.2 Å². The summed E-state index contributed by atoms with van der Waals surface area (Å²) in [6, 6.07) is 7.04. The maximum atomic E-state index is 15.3. The van der Waals surface area contributed by atoms with Gasteiger partial charge in [-0.05, 0) is 30.5 Å². The fraction of sp³-hybridized carbons (Fsp3) is 0.375. The number of aromatic amines is 1. The number of alkyl halides is 1. The number of benzene rings is 1. The molecule has 23 heavy (non-hydrogen) atoms. The molecule has 0 saturated carbocycles. The Balaban J connectivity index is 1.92. The van der Waals surface area contributed by atoms with Crippen LogP contribution in [0.3, 0.4) is 0 Å². The second-order valence-electron chi connectivity index (χ2n) is 5.99. The quantitative estimate of drug-likeness (QED) is 0.852. The van der Waals surface area contributed by atoms with Gasteiger partial charge in [-0.3, -0.25) is 5.10 Å². The van der Waals surface area contributed by atoms with E-state index < -0.39 is 5.67 Å². The predicted octanol–water partition coefficient (Wildman–Crippen LogP) is 3.18. The normalized spacial score (nSPS) is 16.8. The van der Waals surface area contributed by atoms with Crippen LogP contribution in [0.15, 0.2) is 24.3 Å². The molecule has 1 aliphatic rings. The van der Waals surface area contributed by atoms with Crippen molar-refractivity contribution in [2.75, 3.05) is 12.8 Å². The molecule has 7 heteroatoms. The van der Waals surface area contributed by atoms with Gasteiger partial charge in [0.2, 0.25) is 0 Å². The summed E-state index contributed by atoms with van der Waals surface area (Å²) in [5.41, 5.74) is 6.35. The average Bonchev–Trinajstić information content (AvgIpc) is 3.01. The molecule has 1 aromatic heterocycles. The van der Waals surface area contributed by atoms with Gasteiger partial charge in [-0.1, -0.05) is 18.7 Å². The van der Waals surface area contributed by atoms with Crippen LogP contribution in [0, 0.1) is 11.2 Å². The third kappa shape index (κ3) is 2.89. The summed E-state index contributed by atoms with van der Waals surface area (Å²) in [6.45, 7) is -0.0342. The Labute approximate surface area is 134 Å². The number of nitrogens with zero attached hydrogens (tertiary/aromatic N) is 2. The Hall–Kier alpha value is -2.49. The summed E-state index contributed by atoms with van der Waals surface area (Å²) in [5.74, 6) is 3.20. The molecule has 1 saturated heterocycles. The van der Waals surface area contributed by atoms with Gasteiger partial charge in [-0.25, -0.2) is 9.65 Å². The Kier molecular flexibility index (Phi) is 3.99. The van der Waals surface area contributed by atoms with Crippen molar-refractivity contribution in [1.29, 1.82) is 5.26 Å². The Morgan fingerprint density at radius 1 is 1.39 bits per heavy atom. The highest BCUT2D eigenvalue weighted by atomic mass is 19.1. The first kappa shape index (κ1) is 15.4. The van der Waals surface area contributed by atoms with E-state index in [1.54, 1.807) is 25.3 Å². The molecule has 0 unspecified atom stereocenters. The SMILES string of the molecule is COc1cc(C2(F)CCB(C#N)CC2)ccc1-c1cc(N)n[nH]1. The number of nitrogens with one attached hydrogen (secondary N) is 1. The number of H-pyrrole nitrogens is 1. The molecule has 1 aliphatic heterocycles. The van der Waals surface area contributed by atoms with E-state index in [0.717, 1.165) is 11.3 Å². The number of rotatable bonds is 3. The van der Waals surface area contributed by atoms with E-state index in [4.69, 9.17) is 15.7 Å². The number of anilines is 1. The van der Waals surface area contributed by atoms with Crippen LogP contribution in [0.2, 0.25) is 12.6 Å². The van der Waals surface area contributed by atoms with Crippen LogP contribution in [-0.4, -0.2) is 24.0 Å². The van der Waals surface area contributed by atoms with Gasteiger partial charge in [0.25, 0.3) is 6.71 Å². The van der Waals surface area contributed by atoms with E-state index >= 15 is 4.39 Å².